The first-order valence-corrected chi connectivity index (χ1v) is 4.97. The Bertz CT molecular complexity index is 278. The van der Waals surface area contributed by atoms with Crippen LogP contribution >= 0.6 is 0 Å². The minimum absolute atomic E-state index is 0.127. The maximum atomic E-state index is 10.4. The van der Waals surface area contributed by atoms with Crippen molar-refractivity contribution in [1.29, 1.82) is 0 Å². The minimum Gasteiger partial charge on any atom is -0.211 e. The summed E-state index contributed by atoms with van der Waals surface area (Å²) < 4.78 is 0. The predicted molar refractivity (Wildman–Crippen MR) is 50.8 cm³/mol. The molecule has 2 heteroatoms. The lowest BCUT2D eigenvalue weighted by Gasteiger charge is -2.65. The van der Waals surface area contributed by atoms with Crippen molar-refractivity contribution in [3.63, 3.8) is 0 Å². The van der Waals surface area contributed by atoms with Crippen LogP contribution in [0.5, 0.6) is 0 Å². The van der Waals surface area contributed by atoms with E-state index >= 15 is 0 Å². The summed E-state index contributed by atoms with van der Waals surface area (Å²) in [5.74, 6) is 1.15. The van der Waals surface area contributed by atoms with Crippen LogP contribution in [0.15, 0.2) is 4.99 Å². The average molecular weight is 178 g/mol. The molecule has 3 aliphatic rings. The molecule has 3 rings (SSSR count). The number of fused-ring (bicyclic) bond motifs is 2. The first kappa shape index (κ1) is 8.96. The van der Waals surface area contributed by atoms with Crippen molar-refractivity contribution in [3.8, 4) is 0 Å². The second-order valence-corrected chi connectivity index (χ2v) is 5.01. The summed E-state index contributed by atoms with van der Waals surface area (Å²) >= 11 is 0. The molecule has 0 aromatic rings. The van der Waals surface area contributed by atoms with Crippen molar-refractivity contribution in [2.24, 2.45) is 22.2 Å². The summed E-state index contributed by atoms with van der Waals surface area (Å²) in [6, 6.07) is 0. The Hall–Kier alpha value is -0.620. The number of carbonyl (C=O) groups excluding carboxylic acids is 1. The van der Waals surface area contributed by atoms with Gasteiger partial charge in [-0.3, -0.25) is 0 Å². The van der Waals surface area contributed by atoms with E-state index in [0.717, 1.165) is 12.3 Å². The van der Waals surface area contributed by atoms with Gasteiger partial charge in [0, 0.05) is 0 Å². The number of rotatable bonds is 1. The molecule has 0 unspecified atom stereocenters. The van der Waals surface area contributed by atoms with Gasteiger partial charge in [-0.25, -0.2) is 4.79 Å². The second kappa shape index (κ2) is 2.45. The van der Waals surface area contributed by atoms with E-state index in [0.29, 0.717) is 5.92 Å². The zero-order valence-corrected chi connectivity index (χ0v) is 8.50. The van der Waals surface area contributed by atoms with Crippen molar-refractivity contribution >= 4 is 6.08 Å². The van der Waals surface area contributed by atoms with Crippen LogP contribution in [-0.4, -0.2) is 11.6 Å². The van der Waals surface area contributed by atoms with Crippen molar-refractivity contribution < 1.29 is 4.79 Å². The van der Waals surface area contributed by atoms with Gasteiger partial charge in [0.05, 0.1) is 5.54 Å². The van der Waals surface area contributed by atoms with E-state index in [1.54, 1.807) is 6.08 Å². The van der Waals surface area contributed by atoms with Gasteiger partial charge >= 0.3 is 0 Å². The maximum Gasteiger partial charge on any atom is 0.235 e. The van der Waals surface area contributed by atoms with E-state index in [1.165, 1.54) is 6.42 Å². The summed E-state index contributed by atoms with van der Waals surface area (Å²) in [6.07, 6.45) is 6.32. The molecule has 0 aromatic heterocycles. The summed E-state index contributed by atoms with van der Waals surface area (Å²) in [5, 5.41) is 0. The topological polar surface area (TPSA) is 29.4 Å². The maximum absolute atomic E-state index is 10.4. The Kier molecular flexibility index (Phi) is 1.69. The standard InChI is InChI=1S/C11H16NO/c1-8-4-5-9-6-11(8,12-7-13)10(9,2)3/h4,8-9H,5-6H2,1-3H3/t8-,9+,11-/m0/s1. The van der Waals surface area contributed by atoms with Crippen LogP contribution < -0.4 is 0 Å². The molecule has 0 heterocycles. The number of hydrogen-bond acceptors (Lipinski definition) is 2. The van der Waals surface area contributed by atoms with E-state index < -0.39 is 0 Å². The van der Waals surface area contributed by atoms with Gasteiger partial charge in [-0.2, -0.15) is 4.99 Å². The van der Waals surface area contributed by atoms with Crippen molar-refractivity contribution in [2.45, 2.75) is 39.2 Å². The molecule has 0 aromatic carbocycles. The molecule has 0 aliphatic heterocycles. The SMILES string of the molecule is C[C@H]1[CH]C[C@@H]2C[C@@]1(N=C=O)C2(C)C. The molecular formula is C11H16NO. The van der Waals surface area contributed by atoms with E-state index in [2.05, 4.69) is 32.2 Å². The fourth-order valence-electron chi connectivity index (χ4n) is 3.20. The molecule has 0 N–H and O–H groups in total. The van der Waals surface area contributed by atoms with Gasteiger partial charge in [0.2, 0.25) is 6.08 Å². The van der Waals surface area contributed by atoms with Gasteiger partial charge in [0.25, 0.3) is 0 Å². The monoisotopic (exact) mass is 178 g/mol. The van der Waals surface area contributed by atoms with Crippen LogP contribution in [0.25, 0.3) is 0 Å². The van der Waals surface area contributed by atoms with Gasteiger partial charge in [-0.15, -0.1) is 0 Å². The molecule has 2 bridgehead atoms. The molecular weight excluding hydrogens is 162 g/mol. The minimum atomic E-state index is -0.127. The quantitative estimate of drug-likeness (QED) is 0.447. The smallest absolute Gasteiger partial charge is 0.211 e. The van der Waals surface area contributed by atoms with Crippen LogP contribution in [0.1, 0.15) is 33.6 Å². The highest BCUT2D eigenvalue weighted by molar-refractivity contribution is 5.39. The fraction of sp³-hybridized carbons (Fsp3) is 0.818. The van der Waals surface area contributed by atoms with E-state index in [9.17, 15) is 4.79 Å². The van der Waals surface area contributed by atoms with Crippen molar-refractivity contribution in [3.05, 3.63) is 6.42 Å². The molecule has 3 saturated carbocycles. The number of isocyanates is 1. The summed E-state index contributed by atoms with van der Waals surface area (Å²) in [5.41, 5.74) is 0.0657. The predicted octanol–water partition coefficient (Wildman–Crippen LogP) is 2.35. The van der Waals surface area contributed by atoms with Crippen LogP contribution in [0.3, 0.4) is 0 Å². The molecule has 2 nitrogen and oxygen atoms in total. The third-order valence-electron chi connectivity index (χ3n) is 4.47. The fourth-order valence-corrected chi connectivity index (χ4v) is 3.20. The molecule has 0 spiro atoms. The molecule has 0 saturated heterocycles. The summed E-state index contributed by atoms with van der Waals surface area (Å²) in [7, 11) is 0. The largest absolute Gasteiger partial charge is 0.235 e. The molecule has 3 atom stereocenters. The lowest BCUT2D eigenvalue weighted by Crippen LogP contribution is -2.66. The number of nitrogens with zero attached hydrogens (tertiary/aromatic N) is 1. The van der Waals surface area contributed by atoms with E-state index in [4.69, 9.17) is 0 Å². The zero-order valence-electron chi connectivity index (χ0n) is 8.50. The second-order valence-electron chi connectivity index (χ2n) is 5.01. The molecule has 3 fully saturated rings. The van der Waals surface area contributed by atoms with Crippen LogP contribution in [-0.2, 0) is 4.79 Å². The molecule has 3 aliphatic carbocycles. The Labute approximate surface area is 79.4 Å². The molecule has 13 heavy (non-hydrogen) atoms. The van der Waals surface area contributed by atoms with E-state index in [1.807, 2.05) is 0 Å². The van der Waals surface area contributed by atoms with Gasteiger partial charge in [-0.1, -0.05) is 20.8 Å². The third-order valence-corrected chi connectivity index (χ3v) is 4.47. The van der Waals surface area contributed by atoms with Gasteiger partial charge in [0.1, 0.15) is 0 Å². The van der Waals surface area contributed by atoms with Gasteiger partial charge in [0.15, 0.2) is 0 Å². The average Bonchev–Trinajstić information content (AvgIpc) is 2.08. The zero-order chi connectivity index (χ0) is 9.69. The molecule has 0 amide bonds. The highest BCUT2D eigenvalue weighted by Gasteiger charge is 2.65. The Morgan fingerprint density at radius 1 is 1.54 bits per heavy atom. The first-order chi connectivity index (χ1) is 6.04. The van der Waals surface area contributed by atoms with Gasteiger partial charge in [-0.05, 0) is 36.5 Å². The Balaban J connectivity index is 2.38. The first-order valence-electron chi connectivity index (χ1n) is 4.97. The number of aliphatic imine (C=N–C) groups is 1. The van der Waals surface area contributed by atoms with Crippen molar-refractivity contribution in [1.82, 2.24) is 0 Å². The highest BCUT2D eigenvalue weighted by atomic mass is 16.1. The number of hydrogen-bond donors (Lipinski definition) is 0. The van der Waals surface area contributed by atoms with Crippen LogP contribution in [0.2, 0.25) is 0 Å². The lowest BCUT2D eigenvalue weighted by atomic mass is 9.41. The molecule has 1 radical (unpaired) electrons. The van der Waals surface area contributed by atoms with Crippen LogP contribution in [0.4, 0.5) is 0 Å². The summed E-state index contributed by atoms with van der Waals surface area (Å²) in [4.78, 5) is 14.5. The third kappa shape index (κ3) is 0.847. The summed E-state index contributed by atoms with van der Waals surface area (Å²) in [6.45, 7) is 6.62. The van der Waals surface area contributed by atoms with Gasteiger partial charge < -0.3 is 0 Å². The normalized spacial score (nSPS) is 46.1. The highest BCUT2D eigenvalue weighted by Crippen LogP contribution is 2.65. The Morgan fingerprint density at radius 2 is 2.23 bits per heavy atom. The molecule has 71 valence electrons. The lowest BCUT2D eigenvalue weighted by molar-refractivity contribution is -0.0992. The van der Waals surface area contributed by atoms with E-state index in [-0.39, 0.29) is 11.0 Å². The van der Waals surface area contributed by atoms with Crippen molar-refractivity contribution in [2.75, 3.05) is 0 Å². The van der Waals surface area contributed by atoms with Crippen LogP contribution in [0, 0.1) is 23.7 Å². The Morgan fingerprint density at radius 3 is 2.69 bits per heavy atom.